The van der Waals surface area contributed by atoms with Gasteiger partial charge in [-0.2, -0.15) is 0 Å². The van der Waals surface area contributed by atoms with Crippen molar-refractivity contribution in [3.8, 4) is 0 Å². The zero-order valence-corrected chi connectivity index (χ0v) is 15.1. The number of urea groups is 1. The molecule has 3 heteroatoms. The first-order valence-corrected chi connectivity index (χ1v) is 8.65. The molecule has 0 aliphatic carbocycles. The lowest BCUT2D eigenvalue weighted by Crippen LogP contribution is -2.40. The van der Waals surface area contributed by atoms with Gasteiger partial charge in [0, 0.05) is 13.6 Å². The first-order chi connectivity index (χ1) is 11.5. The van der Waals surface area contributed by atoms with Crippen LogP contribution in [0.4, 0.5) is 4.79 Å². The number of hydrogen-bond donors (Lipinski definition) is 1. The van der Waals surface area contributed by atoms with Crippen LogP contribution >= 0.6 is 0 Å². The molecule has 0 bridgehead atoms. The zero-order valence-electron chi connectivity index (χ0n) is 15.1. The SMILES string of the molecule is CCc1ccc(CN(C)C(=O)NC(c2ccccc2)C(C)C)cc1. The second kappa shape index (κ2) is 8.53. The fourth-order valence-corrected chi connectivity index (χ4v) is 2.76. The van der Waals surface area contributed by atoms with E-state index in [-0.39, 0.29) is 12.1 Å². The lowest BCUT2D eigenvalue weighted by atomic mass is 9.96. The molecule has 0 aromatic heterocycles. The van der Waals surface area contributed by atoms with E-state index < -0.39 is 0 Å². The largest absolute Gasteiger partial charge is 0.331 e. The quantitative estimate of drug-likeness (QED) is 0.814. The summed E-state index contributed by atoms with van der Waals surface area (Å²) >= 11 is 0. The van der Waals surface area contributed by atoms with E-state index in [0.717, 1.165) is 17.5 Å². The Morgan fingerprint density at radius 2 is 1.58 bits per heavy atom. The van der Waals surface area contributed by atoms with Gasteiger partial charge >= 0.3 is 6.03 Å². The number of nitrogens with one attached hydrogen (secondary N) is 1. The van der Waals surface area contributed by atoms with Gasteiger partial charge in [0.1, 0.15) is 0 Å². The van der Waals surface area contributed by atoms with E-state index in [9.17, 15) is 4.79 Å². The van der Waals surface area contributed by atoms with E-state index in [1.165, 1.54) is 5.56 Å². The maximum Gasteiger partial charge on any atom is 0.317 e. The molecule has 0 aliphatic heterocycles. The number of hydrogen-bond acceptors (Lipinski definition) is 1. The summed E-state index contributed by atoms with van der Waals surface area (Å²) in [6.45, 7) is 7.00. The minimum atomic E-state index is -0.0443. The number of carbonyl (C=O) groups excluding carboxylic acids is 1. The van der Waals surface area contributed by atoms with Crippen LogP contribution in [0.25, 0.3) is 0 Å². The van der Waals surface area contributed by atoms with Gasteiger partial charge in [-0.1, -0.05) is 75.4 Å². The summed E-state index contributed by atoms with van der Waals surface area (Å²) in [6.07, 6.45) is 1.03. The highest BCUT2D eigenvalue weighted by Gasteiger charge is 2.20. The van der Waals surface area contributed by atoms with E-state index in [1.807, 2.05) is 25.2 Å². The molecular weight excluding hydrogens is 296 g/mol. The molecule has 128 valence electrons. The van der Waals surface area contributed by atoms with Crippen LogP contribution < -0.4 is 5.32 Å². The summed E-state index contributed by atoms with van der Waals surface area (Å²) in [5.41, 5.74) is 3.60. The summed E-state index contributed by atoms with van der Waals surface area (Å²) in [6, 6.07) is 18.6. The highest BCUT2D eigenvalue weighted by molar-refractivity contribution is 5.74. The average molecular weight is 324 g/mol. The Morgan fingerprint density at radius 1 is 1.00 bits per heavy atom. The van der Waals surface area contributed by atoms with Crippen molar-refractivity contribution in [2.24, 2.45) is 5.92 Å². The fraction of sp³-hybridized carbons (Fsp3) is 0.381. The molecule has 2 aromatic rings. The Kier molecular flexibility index (Phi) is 6.42. The van der Waals surface area contributed by atoms with E-state index in [0.29, 0.717) is 12.5 Å². The summed E-state index contributed by atoms with van der Waals surface area (Å²) in [7, 11) is 1.84. The van der Waals surface area contributed by atoms with Gasteiger partial charge in [0.2, 0.25) is 0 Å². The second-order valence-corrected chi connectivity index (χ2v) is 6.61. The molecule has 0 aliphatic rings. The molecule has 2 amide bonds. The van der Waals surface area contributed by atoms with Crippen molar-refractivity contribution >= 4 is 6.03 Å². The van der Waals surface area contributed by atoms with Crippen molar-refractivity contribution in [1.82, 2.24) is 10.2 Å². The summed E-state index contributed by atoms with van der Waals surface area (Å²) in [5.74, 6) is 0.327. The standard InChI is InChI=1S/C21H28N2O/c1-5-17-11-13-18(14-12-17)15-23(4)21(24)22-20(16(2)3)19-9-7-6-8-10-19/h6-14,16,20H,5,15H2,1-4H3,(H,22,24). The Labute approximate surface area is 145 Å². The van der Waals surface area contributed by atoms with Gasteiger partial charge in [0.05, 0.1) is 6.04 Å². The van der Waals surface area contributed by atoms with Crippen LogP contribution in [-0.4, -0.2) is 18.0 Å². The van der Waals surface area contributed by atoms with Crippen molar-refractivity contribution in [3.05, 3.63) is 71.3 Å². The lowest BCUT2D eigenvalue weighted by Gasteiger charge is -2.26. The molecule has 3 nitrogen and oxygen atoms in total. The minimum Gasteiger partial charge on any atom is -0.331 e. The van der Waals surface area contributed by atoms with Crippen LogP contribution in [0.5, 0.6) is 0 Å². The average Bonchev–Trinajstić information content (AvgIpc) is 2.60. The van der Waals surface area contributed by atoms with Gasteiger partial charge in [-0.05, 0) is 29.0 Å². The third-order valence-corrected chi connectivity index (χ3v) is 4.30. The first-order valence-electron chi connectivity index (χ1n) is 8.65. The van der Waals surface area contributed by atoms with E-state index in [2.05, 4.69) is 62.5 Å². The van der Waals surface area contributed by atoms with E-state index in [1.54, 1.807) is 4.90 Å². The maximum absolute atomic E-state index is 12.6. The normalized spacial score (nSPS) is 12.0. The molecule has 2 aromatic carbocycles. The monoisotopic (exact) mass is 324 g/mol. The topological polar surface area (TPSA) is 32.3 Å². The molecule has 24 heavy (non-hydrogen) atoms. The molecule has 0 spiro atoms. The van der Waals surface area contributed by atoms with Gasteiger partial charge in [-0.25, -0.2) is 4.79 Å². The second-order valence-electron chi connectivity index (χ2n) is 6.61. The van der Waals surface area contributed by atoms with Crippen LogP contribution in [0.3, 0.4) is 0 Å². The highest BCUT2D eigenvalue weighted by atomic mass is 16.2. The molecule has 0 fully saturated rings. The molecular formula is C21H28N2O. The van der Waals surface area contributed by atoms with Crippen LogP contribution in [0, 0.1) is 5.92 Å². The summed E-state index contributed by atoms with van der Waals surface area (Å²) in [4.78, 5) is 14.3. The third kappa shape index (κ3) is 4.85. The summed E-state index contributed by atoms with van der Waals surface area (Å²) < 4.78 is 0. The number of carbonyl (C=O) groups is 1. The number of aryl methyl sites for hydroxylation is 1. The molecule has 2 rings (SSSR count). The van der Waals surface area contributed by atoms with Crippen LogP contribution in [0.2, 0.25) is 0 Å². The predicted molar refractivity (Wildman–Crippen MR) is 99.8 cm³/mol. The number of rotatable bonds is 6. The Balaban J connectivity index is 2.00. The molecule has 1 N–H and O–H groups in total. The third-order valence-electron chi connectivity index (χ3n) is 4.30. The molecule has 1 atom stereocenters. The fourth-order valence-electron chi connectivity index (χ4n) is 2.76. The van der Waals surface area contributed by atoms with Crippen molar-refractivity contribution < 1.29 is 4.79 Å². The van der Waals surface area contributed by atoms with Crippen molar-refractivity contribution in [3.63, 3.8) is 0 Å². The Bertz CT molecular complexity index is 635. The molecule has 0 saturated heterocycles. The highest BCUT2D eigenvalue weighted by Crippen LogP contribution is 2.21. The summed E-state index contributed by atoms with van der Waals surface area (Å²) in [5, 5.41) is 3.16. The molecule has 0 radical (unpaired) electrons. The molecule has 0 saturated carbocycles. The van der Waals surface area contributed by atoms with Crippen molar-refractivity contribution in [2.45, 2.75) is 39.8 Å². The number of benzene rings is 2. The first kappa shape index (κ1) is 18.1. The Hall–Kier alpha value is -2.29. The van der Waals surface area contributed by atoms with E-state index in [4.69, 9.17) is 0 Å². The Morgan fingerprint density at radius 3 is 2.12 bits per heavy atom. The van der Waals surface area contributed by atoms with Gasteiger partial charge in [-0.3, -0.25) is 0 Å². The van der Waals surface area contributed by atoms with Gasteiger partial charge in [0.25, 0.3) is 0 Å². The smallest absolute Gasteiger partial charge is 0.317 e. The van der Waals surface area contributed by atoms with Crippen molar-refractivity contribution in [2.75, 3.05) is 7.05 Å². The number of nitrogens with zero attached hydrogens (tertiary/aromatic N) is 1. The van der Waals surface area contributed by atoms with Gasteiger partial charge < -0.3 is 10.2 Å². The van der Waals surface area contributed by atoms with Crippen LogP contribution in [0.15, 0.2) is 54.6 Å². The van der Waals surface area contributed by atoms with Crippen molar-refractivity contribution in [1.29, 1.82) is 0 Å². The van der Waals surface area contributed by atoms with E-state index >= 15 is 0 Å². The number of amides is 2. The minimum absolute atomic E-state index is 0.0172. The van der Waals surface area contributed by atoms with Gasteiger partial charge in [-0.15, -0.1) is 0 Å². The predicted octanol–water partition coefficient (Wildman–Crippen LogP) is 4.79. The van der Waals surface area contributed by atoms with Crippen LogP contribution in [0.1, 0.15) is 43.5 Å². The maximum atomic E-state index is 12.6. The van der Waals surface area contributed by atoms with Crippen LogP contribution in [-0.2, 0) is 13.0 Å². The lowest BCUT2D eigenvalue weighted by molar-refractivity contribution is 0.199. The zero-order chi connectivity index (χ0) is 17.5. The van der Waals surface area contributed by atoms with Gasteiger partial charge in [0.15, 0.2) is 0 Å². The molecule has 0 heterocycles. The molecule has 1 unspecified atom stereocenters.